The lowest BCUT2D eigenvalue weighted by Crippen LogP contribution is -2.25. The molecule has 0 amide bonds. The molecular weight excluding hydrogens is 124 g/mol. The zero-order valence-corrected chi connectivity index (χ0v) is 6.68. The van der Waals surface area contributed by atoms with Crippen molar-refractivity contribution in [3.05, 3.63) is 0 Å². The van der Waals surface area contributed by atoms with Gasteiger partial charge in [-0.1, -0.05) is 19.8 Å². The first-order chi connectivity index (χ1) is 4.79. The molecule has 0 aromatic carbocycles. The molecule has 1 saturated heterocycles. The Labute approximate surface area is 62.8 Å². The minimum atomic E-state index is 0.541. The van der Waals surface area contributed by atoms with E-state index >= 15 is 0 Å². The summed E-state index contributed by atoms with van der Waals surface area (Å²) in [6, 6.07) is 0. The van der Waals surface area contributed by atoms with Gasteiger partial charge in [-0.25, -0.2) is 0 Å². The summed E-state index contributed by atoms with van der Waals surface area (Å²) in [4.78, 5) is 0. The third-order valence-electron chi connectivity index (χ3n) is 1.45. The largest absolute Gasteiger partial charge is 0.379 e. The molecule has 0 radical (unpaired) electrons. The van der Waals surface area contributed by atoms with Crippen LogP contribution in [0.1, 0.15) is 20.3 Å². The van der Waals surface area contributed by atoms with Gasteiger partial charge in [0.05, 0.1) is 19.1 Å². The molecule has 0 unspecified atom stereocenters. The lowest BCUT2D eigenvalue weighted by atomic mass is 10.1. The molecule has 1 aliphatic heterocycles. The van der Waals surface area contributed by atoms with Crippen LogP contribution in [0.25, 0.3) is 0 Å². The van der Waals surface area contributed by atoms with Gasteiger partial charge in [0.1, 0.15) is 0 Å². The van der Waals surface area contributed by atoms with Crippen LogP contribution in [0.15, 0.2) is 0 Å². The molecule has 1 rings (SSSR count). The van der Waals surface area contributed by atoms with E-state index in [1.807, 2.05) is 0 Å². The summed E-state index contributed by atoms with van der Waals surface area (Å²) in [7, 11) is 0. The quantitative estimate of drug-likeness (QED) is 0.501. The molecule has 0 saturated carbocycles. The van der Waals surface area contributed by atoms with Crippen LogP contribution in [-0.4, -0.2) is 13.2 Å². The highest BCUT2D eigenvalue weighted by atomic mass is 16.5. The van der Waals surface area contributed by atoms with Gasteiger partial charge in [-0.3, -0.25) is 0 Å². The second-order valence-corrected chi connectivity index (χ2v) is 3.15. The van der Waals surface area contributed by atoms with Crippen LogP contribution in [0.2, 0.25) is 0 Å². The van der Waals surface area contributed by atoms with Gasteiger partial charge in [0.25, 0.3) is 0 Å². The van der Waals surface area contributed by atoms with Gasteiger partial charge in [-0.05, 0) is 5.92 Å². The van der Waals surface area contributed by atoms with Crippen molar-refractivity contribution in [3.63, 3.8) is 0 Å². The molecule has 56 valence electrons. The molecule has 1 heteroatoms. The molecule has 1 nitrogen and oxygen atoms in total. The molecule has 0 bridgehead atoms. The zero-order chi connectivity index (χ0) is 7.40. The Morgan fingerprint density at radius 2 is 2.20 bits per heavy atom. The van der Waals surface area contributed by atoms with Gasteiger partial charge in [0.15, 0.2) is 0 Å². The molecule has 1 aliphatic rings. The van der Waals surface area contributed by atoms with Crippen molar-refractivity contribution >= 4 is 0 Å². The highest BCUT2D eigenvalue weighted by Crippen LogP contribution is 2.07. The monoisotopic (exact) mass is 138 g/mol. The van der Waals surface area contributed by atoms with Gasteiger partial charge >= 0.3 is 0 Å². The zero-order valence-electron chi connectivity index (χ0n) is 6.68. The van der Waals surface area contributed by atoms with Gasteiger partial charge in [-0.15, -0.1) is 5.92 Å². The Morgan fingerprint density at radius 3 is 2.60 bits per heavy atom. The molecule has 0 aromatic rings. The lowest BCUT2D eigenvalue weighted by Gasteiger charge is -2.20. The Bertz CT molecular complexity index is 146. The van der Waals surface area contributed by atoms with Crippen molar-refractivity contribution in [1.82, 2.24) is 0 Å². The van der Waals surface area contributed by atoms with E-state index in [1.165, 1.54) is 0 Å². The van der Waals surface area contributed by atoms with Crippen molar-refractivity contribution in [1.29, 1.82) is 0 Å². The highest BCUT2D eigenvalue weighted by molar-refractivity contribution is 5.06. The van der Waals surface area contributed by atoms with Crippen LogP contribution in [0.4, 0.5) is 0 Å². The molecule has 1 heterocycles. The Kier molecular flexibility index (Phi) is 2.77. The topological polar surface area (TPSA) is 9.23 Å². The highest BCUT2D eigenvalue weighted by Gasteiger charge is 2.14. The minimum Gasteiger partial charge on any atom is -0.379 e. The van der Waals surface area contributed by atoms with E-state index in [4.69, 9.17) is 4.74 Å². The van der Waals surface area contributed by atoms with Crippen molar-refractivity contribution in [2.75, 3.05) is 13.2 Å². The fraction of sp³-hybridized carbons (Fsp3) is 0.778. The van der Waals surface area contributed by atoms with Crippen molar-refractivity contribution < 1.29 is 4.74 Å². The molecule has 1 fully saturated rings. The maximum atomic E-state index is 4.99. The molecule has 0 aromatic heterocycles. The maximum absolute atomic E-state index is 4.99. The van der Waals surface area contributed by atoms with Crippen LogP contribution >= 0.6 is 0 Å². The average molecular weight is 138 g/mol. The normalized spacial score (nSPS) is 17.9. The van der Waals surface area contributed by atoms with Gasteiger partial charge in [-0.2, -0.15) is 0 Å². The first-order valence-corrected chi connectivity index (χ1v) is 3.85. The summed E-state index contributed by atoms with van der Waals surface area (Å²) >= 11 is 0. The smallest absolute Gasteiger partial charge is 0.0670 e. The van der Waals surface area contributed by atoms with Crippen LogP contribution in [0, 0.1) is 23.7 Å². The summed E-state index contributed by atoms with van der Waals surface area (Å²) in [5.41, 5.74) is 0. The first kappa shape index (κ1) is 7.63. The second-order valence-electron chi connectivity index (χ2n) is 3.15. The Balaban J connectivity index is 2.12. The molecule has 0 N–H and O–H groups in total. The van der Waals surface area contributed by atoms with Crippen LogP contribution < -0.4 is 0 Å². The number of hydrogen-bond acceptors (Lipinski definition) is 1. The summed E-state index contributed by atoms with van der Waals surface area (Å²) in [6.45, 7) is 6.08. The number of hydrogen-bond donors (Lipinski definition) is 0. The van der Waals surface area contributed by atoms with Gasteiger partial charge < -0.3 is 4.74 Å². The average Bonchev–Trinajstić information content (AvgIpc) is 1.75. The van der Waals surface area contributed by atoms with E-state index in [9.17, 15) is 0 Å². The SMILES string of the molecule is CC(C)CC#CC1COC1. The Morgan fingerprint density at radius 1 is 1.50 bits per heavy atom. The summed E-state index contributed by atoms with van der Waals surface area (Å²) in [5, 5.41) is 0. The van der Waals surface area contributed by atoms with Gasteiger partial charge in [0.2, 0.25) is 0 Å². The molecule has 0 spiro atoms. The summed E-state index contributed by atoms with van der Waals surface area (Å²) in [6.07, 6.45) is 1.02. The summed E-state index contributed by atoms with van der Waals surface area (Å²) in [5.74, 6) is 7.57. The maximum Gasteiger partial charge on any atom is 0.0670 e. The Hall–Kier alpha value is -0.480. The van der Waals surface area contributed by atoms with Crippen LogP contribution in [0.3, 0.4) is 0 Å². The molecule has 0 aliphatic carbocycles. The predicted octanol–water partition coefficient (Wildman–Crippen LogP) is 1.68. The van der Waals surface area contributed by atoms with E-state index in [2.05, 4.69) is 25.7 Å². The standard InChI is InChI=1S/C9H14O/c1-8(2)4-3-5-9-6-10-7-9/h8-9H,4,6-7H2,1-2H3. The van der Waals surface area contributed by atoms with Crippen LogP contribution in [0.5, 0.6) is 0 Å². The van der Waals surface area contributed by atoms with Crippen molar-refractivity contribution in [2.24, 2.45) is 11.8 Å². The number of ether oxygens (including phenoxy) is 1. The lowest BCUT2D eigenvalue weighted by molar-refractivity contribution is -0.00306. The predicted molar refractivity (Wildman–Crippen MR) is 41.5 cm³/mol. The number of rotatable bonds is 1. The molecule has 10 heavy (non-hydrogen) atoms. The third kappa shape index (κ3) is 2.41. The summed E-state index contributed by atoms with van der Waals surface area (Å²) < 4.78 is 4.99. The van der Waals surface area contributed by atoms with E-state index in [-0.39, 0.29) is 0 Å². The van der Waals surface area contributed by atoms with E-state index in [0.717, 1.165) is 19.6 Å². The van der Waals surface area contributed by atoms with Crippen LogP contribution in [-0.2, 0) is 4.74 Å². The van der Waals surface area contributed by atoms with E-state index in [0.29, 0.717) is 11.8 Å². The van der Waals surface area contributed by atoms with E-state index < -0.39 is 0 Å². The fourth-order valence-corrected chi connectivity index (χ4v) is 0.726. The van der Waals surface area contributed by atoms with E-state index in [1.54, 1.807) is 0 Å². The second kappa shape index (κ2) is 3.63. The third-order valence-corrected chi connectivity index (χ3v) is 1.45. The molecule has 0 atom stereocenters. The van der Waals surface area contributed by atoms with Gasteiger partial charge in [0, 0.05) is 6.42 Å². The molecular formula is C9H14O. The van der Waals surface area contributed by atoms with Crippen molar-refractivity contribution in [2.45, 2.75) is 20.3 Å². The first-order valence-electron chi connectivity index (χ1n) is 3.85. The minimum absolute atomic E-state index is 0.541. The van der Waals surface area contributed by atoms with Crippen molar-refractivity contribution in [3.8, 4) is 11.8 Å². The fourth-order valence-electron chi connectivity index (χ4n) is 0.726.